The van der Waals surface area contributed by atoms with Crippen molar-refractivity contribution >= 4 is 5.91 Å². The van der Waals surface area contributed by atoms with Gasteiger partial charge in [-0.25, -0.2) is 0 Å². The summed E-state index contributed by atoms with van der Waals surface area (Å²) in [6.07, 6.45) is 0.164. The average Bonchev–Trinajstić information content (AvgIpc) is 2.80. The number of morpholine rings is 1. The number of fused-ring (bicyclic) bond motifs is 1. The van der Waals surface area contributed by atoms with Crippen molar-refractivity contribution in [1.82, 2.24) is 14.7 Å². The summed E-state index contributed by atoms with van der Waals surface area (Å²) in [4.78, 5) is 18.4. The van der Waals surface area contributed by atoms with Crippen LogP contribution >= 0.6 is 0 Å². The fourth-order valence-electron chi connectivity index (χ4n) is 2.78. The number of hydrogen-bond donors (Lipinski definition) is 0. The molecular weight excluding hydrogens is 246 g/mol. The first-order chi connectivity index (χ1) is 9.11. The van der Waals surface area contributed by atoms with Gasteiger partial charge in [-0.1, -0.05) is 0 Å². The zero-order chi connectivity index (χ0) is 13.8. The van der Waals surface area contributed by atoms with Crippen molar-refractivity contribution in [3.05, 3.63) is 0 Å². The van der Waals surface area contributed by atoms with E-state index in [0.29, 0.717) is 12.6 Å². The van der Waals surface area contributed by atoms with Crippen molar-refractivity contribution in [3.63, 3.8) is 0 Å². The van der Waals surface area contributed by atoms with Crippen molar-refractivity contribution in [3.8, 4) is 0 Å². The molecule has 0 unspecified atom stereocenters. The molecular formula is C13H25N3O3. The molecule has 2 aliphatic heterocycles. The second-order valence-corrected chi connectivity index (χ2v) is 5.55. The molecule has 2 aliphatic rings. The summed E-state index contributed by atoms with van der Waals surface area (Å²) in [7, 11) is 5.73. The molecule has 6 heteroatoms. The molecule has 0 aromatic heterocycles. The second-order valence-electron chi connectivity index (χ2n) is 5.55. The molecule has 0 aromatic carbocycles. The van der Waals surface area contributed by atoms with E-state index in [9.17, 15) is 4.79 Å². The van der Waals surface area contributed by atoms with Crippen LogP contribution in [0.25, 0.3) is 0 Å². The summed E-state index contributed by atoms with van der Waals surface area (Å²) in [5, 5.41) is 0. The minimum atomic E-state index is 0.0630. The van der Waals surface area contributed by atoms with Gasteiger partial charge in [-0.2, -0.15) is 0 Å². The molecule has 2 atom stereocenters. The van der Waals surface area contributed by atoms with Gasteiger partial charge in [0, 0.05) is 39.8 Å². The number of methoxy groups -OCH3 is 1. The number of carbonyl (C=O) groups excluding carboxylic acids is 1. The molecule has 0 bridgehead atoms. The van der Waals surface area contributed by atoms with Gasteiger partial charge in [0.05, 0.1) is 18.8 Å². The fraction of sp³-hybridized carbons (Fsp3) is 0.923. The molecule has 2 heterocycles. The monoisotopic (exact) mass is 271 g/mol. The van der Waals surface area contributed by atoms with Gasteiger partial charge < -0.3 is 19.3 Å². The first kappa shape index (κ1) is 14.7. The zero-order valence-electron chi connectivity index (χ0n) is 12.2. The van der Waals surface area contributed by atoms with E-state index in [-0.39, 0.29) is 18.6 Å². The molecule has 6 nitrogen and oxygen atoms in total. The molecule has 0 spiro atoms. The summed E-state index contributed by atoms with van der Waals surface area (Å²) in [6, 6.07) is 0.342. The smallest absolute Gasteiger partial charge is 0.248 e. The fourth-order valence-corrected chi connectivity index (χ4v) is 2.78. The highest BCUT2D eigenvalue weighted by atomic mass is 16.5. The van der Waals surface area contributed by atoms with Crippen LogP contribution in [0.3, 0.4) is 0 Å². The molecule has 2 rings (SSSR count). The van der Waals surface area contributed by atoms with Crippen LogP contribution in [0.1, 0.15) is 0 Å². The number of hydrogen-bond acceptors (Lipinski definition) is 5. The molecule has 0 saturated carbocycles. The maximum Gasteiger partial charge on any atom is 0.248 e. The Morgan fingerprint density at radius 2 is 2.21 bits per heavy atom. The van der Waals surface area contributed by atoms with Crippen LogP contribution < -0.4 is 0 Å². The van der Waals surface area contributed by atoms with Crippen molar-refractivity contribution in [2.75, 3.05) is 67.1 Å². The Hall–Kier alpha value is -0.690. The van der Waals surface area contributed by atoms with Crippen molar-refractivity contribution in [2.24, 2.45) is 0 Å². The van der Waals surface area contributed by atoms with Gasteiger partial charge in [-0.05, 0) is 14.1 Å². The topological polar surface area (TPSA) is 45.2 Å². The molecule has 110 valence electrons. The molecule has 0 aromatic rings. The predicted molar refractivity (Wildman–Crippen MR) is 72.1 cm³/mol. The number of carbonyl (C=O) groups is 1. The number of nitrogens with zero attached hydrogens (tertiary/aromatic N) is 3. The van der Waals surface area contributed by atoms with Crippen LogP contribution in [0.2, 0.25) is 0 Å². The Morgan fingerprint density at radius 3 is 2.89 bits per heavy atom. The van der Waals surface area contributed by atoms with E-state index in [1.165, 1.54) is 0 Å². The van der Waals surface area contributed by atoms with Gasteiger partial charge in [-0.15, -0.1) is 0 Å². The minimum absolute atomic E-state index is 0.0630. The van der Waals surface area contributed by atoms with Gasteiger partial charge in [0.1, 0.15) is 6.61 Å². The first-order valence-electron chi connectivity index (χ1n) is 6.89. The van der Waals surface area contributed by atoms with E-state index >= 15 is 0 Å². The first-order valence-corrected chi connectivity index (χ1v) is 6.89. The lowest BCUT2D eigenvalue weighted by Crippen LogP contribution is -2.52. The quantitative estimate of drug-likeness (QED) is 0.649. The maximum absolute atomic E-state index is 11.9. The van der Waals surface area contributed by atoms with Gasteiger partial charge in [-0.3, -0.25) is 9.69 Å². The summed E-state index contributed by atoms with van der Waals surface area (Å²) in [5.74, 6) is 0.0630. The molecule has 19 heavy (non-hydrogen) atoms. The molecule has 0 aliphatic carbocycles. The van der Waals surface area contributed by atoms with Crippen LogP contribution in [0.5, 0.6) is 0 Å². The van der Waals surface area contributed by atoms with Gasteiger partial charge in [0.15, 0.2) is 0 Å². The highest BCUT2D eigenvalue weighted by molar-refractivity contribution is 5.77. The van der Waals surface area contributed by atoms with Crippen molar-refractivity contribution in [1.29, 1.82) is 0 Å². The van der Waals surface area contributed by atoms with Crippen LogP contribution in [-0.2, 0) is 14.3 Å². The van der Waals surface area contributed by atoms with Gasteiger partial charge >= 0.3 is 0 Å². The van der Waals surface area contributed by atoms with Crippen molar-refractivity contribution < 1.29 is 14.3 Å². The number of rotatable bonds is 5. The predicted octanol–water partition coefficient (Wildman–Crippen LogP) is -0.894. The highest BCUT2D eigenvalue weighted by Gasteiger charge is 2.41. The zero-order valence-corrected chi connectivity index (χ0v) is 12.2. The molecule has 0 radical (unpaired) electrons. The maximum atomic E-state index is 11.9. The Labute approximate surface area is 115 Å². The number of likely N-dealkylation sites (N-methyl/N-ethyl adjacent to an activating group) is 1. The van der Waals surface area contributed by atoms with Crippen LogP contribution in [0.4, 0.5) is 0 Å². The Kier molecular flexibility index (Phi) is 5.15. The summed E-state index contributed by atoms with van der Waals surface area (Å²) < 4.78 is 10.7. The third kappa shape index (κ3) is 3.66. The number of likely N-dealkylation sites (tertiary alicyclic amines) is 1. The Bertz CT molecular complexity index is 312. The minimum Gasteiger partial charge on any atom is -0.375 e. The lowest BCUT2D eigenvalue weighted by Gasteiger charge is -2.37. The SMILES string of the molecule is COCC(=O)N1C[C@H]2OCCN(CCN(C)C)[C@H]2C1. The average molecular weight is 271 g/mol. The molecule has 2 fully saturated rings. The van der Waals surface area contributed by atoms with Crippen LogP contribution in [0.15, 0.2) is 0 Å². The van der Waals surface area contributed by atoms with Gasteiger partial charge in [0.2, 0.25) is 5.91 Å². The number of amides is 1. The molecule has 1 amide bonds. The van der Waals surface area contributed by atoms with E-state index in [2.05, 4.69) is 23.9 Å². The molecule has 0 N–H and O–H groups in total. The van der Waals surface area contributed by atoms with Crippen molar-refractivity contribution in [2.45, 2.75) is 12.1 Å². The third-order valence-electron chi connectivity index (χ3n) is 3.87. The van der Waals surface area contributed by atoms with E-state index in [4.69, 9.17) is 9.47 Å². The van der Waals surface area contributed by atoms with E-state index in [1.54, 1.807) is 7.11 Å². The summed E-state index contributed by atoms with van der Waals surface area (Å²) in [5.41, 5.74) is 0. The normalized spacial score (nSPS) is 27.9. The second kappa shape index (κ2) is 6.65. The lowest BCUT2D eigenvalue weighted by atomic mass is 10.1. The Balaban J connectivity index is 1.90. The third-order valence-corrected chi connectivity index (χ3v) is 3.87. The van der Waals surface area contributed by atoms with Gasteiger partial charge in [0.25, 0.3) is 0 Å². The Morgan fingerprint density at radius 1 is 1.42 bits per heavy atom. The summed E-state index contributed by atoms with van der Waals surface area (Å²) >= 11 is 0. The number of ether oxygens (including phenoxy) is 2. The van der Waals surface area contributed by atoms with E-state index in [0.717, 1.165) is 32.8 Å². The van der Waals surface area contributed by atoms with Crippen LogP contribution in [0, 0.1) is 0 Å². The van der Waals surface area contributed by atoms with Crippen LogP contribution in [-0.4, -0.2) is 99.9 Å². The highest BCUT2D eigenvalue weighted by Crippen LogP contribution is 2.22. The largest absolute Gasteiger partial charge is 0.375 e. The van der Waals surface area contributed by atoms with E-state index in [1.807, 2.05) is 4.90 Å². The lowest BCUT2D eigenvalue weighted by molar-refractivity contribution is -0.134. The standard InChI is InChI=1S/C13H25N3O3/c1-14(2)4-5-15-6-7-19-12-9-16(8-11(12)15)13(17)10-18-3/h11-12H,4-10H2,1-3H3/t11-,12+/m0/s1. The van der Waals surface area contributed by atoms with E-state index < -0.39 is 0 Å². The molecule has 2 saturated heterocycles. The summed E-state index contributed by atoms with van der Waals surface area (Å²) in [6.45, 7) is 5.42.